The molecule has 0 aliphatic heterocycles. The maximum atomic E-state index is 12.9. The van der Waals surface area contributed by atoms with Gasteiger partial charge in [-0.25, -0.2) is 4.57 Å². The minimum absolute atomic E-state index is 0.0443. The van der Waals surface area contributed by atoms with Crippen LogP contribution in [-0.4, -0.2) is 73.4 Å². The number of unbranched alkanes of at least 4 members (excludes halogenated alkanes) is 14. The number of nitrogens with one attached hydrogen (secondary N) is 1. The Bertz CT molecular complexity index is 1580. The summed E-state index contributed by atoms with van der Waals surface area (Å²) in [6.45, 7) is 4.63. The van der Waals surface area contributed by atoms with Crippen molar-refractivity contribution in [3.8, 4) is 0 Å². The zero-order valence-electron chi connectivity index (χ0n) is 44.5. The third-order valence-electron chi connectivity index (χ3n) is 11.1. The molecule has 0 bridgehead atoms. The molecular weight excluding hydrogens is 876 g/mol. The molecular formula is C60H102N2O6P+. The van der Waals surface area contributed by atoms with E-state index in [2.05, 4.69) is 141 Å². The second kappa shape index (κ2) is 49.6. The highest BCUT2D eigenvalue weighted by atomic mass is 31.2. The van der Waals surface area contributed by atoms with Crippen molar-refractivity contribution in [3.63, 3.8) is 0 Å². The largest absolute Gasteiger partial charge is 0.472 e. The van der Waals surface area contributed by atoms with Crippen LogP contribution in [0.15, 0.2) is 134 Å². The predicted molar refractivity (Wildman–Crippen MR) is 299 cm³/mol. The minimum Gasteiger partial charge on any atom is -0.387 e. The number of carbonyl (C=O) groups is 1. The molecule has 3 N–H and O–H groups in total. The summed E-state index contributed by atoms with van der Waals surface area (Å²) in [5, 5.41) is 13.8. The number of hydrogen-bond acceptors (Lipinski definition) is 5. The van der Waals surface area contributed by atoms with Crippen molar-refractivity contribution in [2.75, 3.05) is 40.9 Å². The fraction of sp³-hybridized carbons (Fsp3) is 0.617. The van der Waals surface area contributed by atoms with Crippen molar-refractivity contribution in [1.82, 2.24) is 5.32 Å². The normalized spacial score (nSPS) is 15.1. The van der Waals surface area contributed by atoms with Gasteiger partial charge in [-0.3, -0.25) is 13.8 Å². The summed E-state index contributed by atoms with van der Waals surface area (Å²) in [6, 6.07) is -0.883. The highest BCUT2D eigenvalue weighted by Crippen LogP contribution is 2.43. The lowest BCUT2D eigenvalue weighted by molar-refractivity contribution is -0.870. The molecule has 9 heteroatoms. The van der Waals surface area contributed by atoms with Gasteiger partial charge in [-0.15, -0.1) is 0 Å². The van der Waals surface area contributed by atoms with Crippen molar-refractivity contribution in [2.45, 2.75) is 199 Å². The van der Waals surface area contributed by atoms with Gasteiger partial charge < -0.3 is 19.8 Å². The topological polar surface area (TPSA) is 105 Å². The molecule has 0 spiro atoms. The first kappa shape index (κ1) is 65.6. The van der Waals surface area contributed by atoms with Crippen LogP contribution in [0.1, 0.15) is 187 Å². The van der Waals surface area contributed by atoms with Crippen molar-refractivity contribution >= 4 is 13.7 Å². The highest BCUT2D eigenvalue weighted by Gasteiger charge is 2.27. The Labute approximate surface area is 424 Å². The van der Waals surface area contributed by atoms with E-state index in [-0.39, 0.29) is 19.1 Å². The lowest BCUT2D eigenvalue weighted by atomic mass is 10.1. The predicted octanol–water partition coefficient (Wildman–Crippen LogP) is 16.4. The van der Waals surface area contributed by atoms with Gasteiger partial charge >= 0.3 is 7.82 Å². The molecule has 0 aromatic heterocycles. The van der Waals surface area contributed by atoms with Crippen LogP contribution in [0.4, 0.5) is 0 Å². The van der Waals surface area contributed by atoms with Gasteiger partial charge in [0, 0.05) is 6.42 Å². The van der Waals surface area contributed by atoms with E-state index in [0.29, 0.717) is 17.4 Å². The maximum absolute atomic E-state index is 12.9. The molecule has 8 nitrogen and oxygen atoms in total. The summed E-state index contributed by atoms with van der Waals surface area (Å²) in [5.74, 6) is -0.213. The smallest absolute Gasteiger partial charge is 0.387 e. The highest BCUT2D eigenvalue weighted by molar-refractivity contribution is 7.47. The van der Waals surface area contributed by atoms with Gasteiger partial charge in [-0.05, 0) is 103 Å². The Kier molecular flexibility index (Phi) is 47.2. The number of allylic oxidation sites excluding steroid dienone is 21. The molecule has 3 unspecified atom stereocenters. The molecule has 69 heavy (non-hydrogen) atoms. The summed E-state index contributed by atoms with van der Waals surface area (Å²) >= 11 is 0. The van der Waals surface area contributed by atoms with Crippen LogP contribution in [0.5, 0.6) is 0 Å². The standard InChI is InChI=1S/C60H101N2O6P/c1-6-8-10-12-14-16-18-20-22-23-24-25-26-27-28-29-30-31-32-33-34-35-36-37-38-39-40-42-44-46-48-50-52-54-60(64)61-58(57-68-69(65,66)67-56-55-62(3,4)5)59(63)53-51-49-47-45-43-41-21-19-17-15-13-11-9-7-2/h8,10,14,16,20,22,24-25,27-28,30-31,33-34,36-37,39-40,43,45,51,53,58-59,63H,6-7,9,11-13,15,17-19,21,23,26,29,32,35,38,41-42,44,46-50,52,54-57H2,1-5H3,(H-,61,64,65,66)/p+1/b10-8-,16-14-,22-20-,25-24-,28-27-,31-30-,34-33-,37-36-,40-39-,45-43+,53-51+. The Morgan fingerprint density at radius 1 is 0.507 bits per heavy atom. The molecule has 0 saturated carbocycles. The lowest BCUT2D eigenvalue weighted by Gasteiger charge is -2.25. The zero-order valence-corrected chi connectivity index (χ0v) is 45.4. The van der Waals surface area contributed by atoms with Crippen molar-refractivity contribution in [3.05, 3.63) is 134 Å². The van der Waals surface area contributed by atoms with E-state index in [1.807, 2.05) is 27.2 Å². The molecule has 392 valence electrons. The summed E-state index contributed by atoms with van der Waals surface area (Å²) in [7, 11) is 1.52. The molecule has 0 heterocycles. The number of phosphoric ester groups is 1. The number of quaternary nitrogens is 1. The first-order chi connectivity index (χ1) is 33.5. The van der Waals surface area contributed by atoms with E-state index in [1.165, 1.54) is 51.4 Å². The first-order valence-electron chi connectivity index (χ1n) is 27.1. The minimum atomic E-state index is -4.37. The maximum Gasteiger partial charge on any atom is 0.472 e. The molecule has 0 fully saturated rings. The van der Waals surface area contributed by atoms with E-state index in [0.717, 1.165) is 116 Å². The number of carbonyl (C=O) groups excluding carboxylic acids is 1. The average Bonchev–Trinajstić information content (AvgIpc) is 3.31. The first-order valence-corrected chi connectivity index (χ1v) is 28.6. The van der Waals surface area contributed by atoms with Crippen LogP contribution in [0.25, 0.3) is 0 Å². The molecule has 0 aromatic carbocycles. The fourth-order valence-electron chi connectivity index (χ4n) is 6.87. The summed E-state index contributed by atoms with van der Waals surface area (Å²) < 4.78 is 23.6. The van der Waals surface area contributed by atoms with Crippen LogP contribution >= 0.6 is 7.82 Å². The van der Waals surface area contributed by atoms with E-state index in [9.17, 15) is 19.4 Å². The molecule has 0 aliphatic rings. The molecule has 0 aliphatic carbocycles. The van der Waals surface area contributed by atoms with E-state index in [4.69, 9.17) is 9.05 Å². The van der Waals surface area contributed by atoms with E-state index < -0.39 is 20.0 Å². The second-order valence-electron chi connectivity index (χ2n) is 18.9. The van der Waals surface area contributed by atoms with Crippen molar-refractivity contribution in [1.29, 1.82) is 0 Å². The van der Waals surface area contributed by atoms with Crippen LogP contribution in [0.3, 0.4) is 0 Å². The third kappa shape index (κ3) is 52.3. The summed E-state index contributed by atoms with van der Waals surface area (Å²) in [4.78, 5) is 23.2. The van der Waals surface area contributed by atoms with Crippen LogP contribution in [0, 0.1) is 0 Å². The second-order valence-corrected chi connectivity index (χ2v) is 20.3. The van der Waals surface area contributed by atoms with Crippen LogP contribution < -0.4 is 5.32 Å². The van der Waals surface area contributed by atoms with Gasteiger partial charge in [-0.2, -0.15) is 0 Å². The molecule has 0 rings (SSSR count). The Balaban J connectivity index is 4.31. The number of amides is 1. The number of rotatable bonds is 47. The molecule has 1 amide bonds. The molecule has 0 aromatic rings. The molecule has 0 saturated heterocycles. The average molecular weight is 978 g/mol. The monoisotopic (exact) mass is 978 g/mol. The molecule has 0 radical (unpaired) electrons. The SMILES string of the molecule is CC/C=C\C/C=C\C/C=C\C/C=C\C/C=C\C/C=C\C/C=C\C/C=C\C/C=C\CCCCCCCC(=O)NC(COP(=O)(O)OCC[N+](C)(C)C)C(O)/C=C/CC/C=C/CCCCCCCCCC. The Morgan fingerprint density at radius 3 is 1.33 bits per heavy atom. The number of aliphatic hydroxyl groups excluding tert-OH is 1. The number of likely N-dealkylation sites (N-methyl/N-ethyl adjacent to an activating group) is 1. The van der Waals surface area contributed by atoms with Gasteiger partial charge in [-0.1, -0.05) is 212 Å². The fourth-order valence-corrected chi connectivity index (χ4v) is 7.61. The van der Waals surface area contributed by atoms with Gasteiger partial charge in [0.25, 0.3) is 0 Å². The lowest BCUT2D eigenvalue weighted by Crippen LogP contribution is -2.45. The van der Waals surface area contributed by atoms with Crippen molar-refractivity contribution in [2.24, 2.45) is 0 Å². The van der Waals surface area contributed by atoms with Gasteiger partial charge in [0.2, 0.25) is 5.91 Å². The van der Waals surface area contributed by atoms with Crippen LogP contribution in [-0.2, 0) is 18.4 Å². The third-order valence-corrected chi connectivity index (χ3v) is 12.1. The summed E-state index contributed by atoms with van der Waals surface area (Å²) in [6.07, 6.45) is 75.4. The Morgan fingerprint density at radius 2 is 0.884 bits per heavy atom. The van der Waals surface area contributed by atoms with E-state index in [1.54, 1.807) is 6.08 Å². The molecule has 3 atom stereocenters. The van der Waals surface area contributed by atoms with E-state index >= 15 is 0 Å². The summed E-state index contributed by atoms with van der Waals surface area (Å²) in [5.41, 5.74) is 0. The quantitative estimate of drug-likeness (QED) is 0.0243. The van der Waals surface area contributed by atoms with Gasteiger partial charge in [0.05, 0.1) is 39.9 Å². The zero-order chi connectivity index (χ0) is 50.6. The number of phosphoric acid groups is 1. The van der Waals surface area contributed by atoms with Crippen molar-refractivity contribution < 1.29 is 32.9 Å². The number of nitrogens with zero attached hydrogens (tertiary/aromatic N) is 1. The Hall–Kier alpha value is -3.36. The van der Waals surface area contributed by atoms with Gasteiger partial charge in [0.15, 0.2) is 0 Å². The van der Waals surface area contributed by atoms with Gasteiger partial charge in [0.1, 0.15) is 13.2 Å². The number of hydrogen-bond donors (Lipinski definition) is 3. The number of aliphatic hydroxyl groups is 1. The van der Waals surface area contributed by atoms with Crippen LogP contribution in [0.2, 0.25) is 0 Å².